The topological polar surface area (TPSA) is 75.1 Å². The zero-order chi connectivity index (χ0) is 23.7. The van der Waals surface area contributed by atoms with E-state index in [-0.39, 0.29) is 24.5 Å². The average Bonchev–Trinajstić information content (AvgIpc) is 3.54. The SMILES string of the molecule is Cc1cc([C@@H]2[C@@H](c3ccccn3)NC(=S)N2CC(=O)Nc2ccccc2)c(C)n1-c1nccs1. The predicted molar refractivity (Wildman–Crippen MR) is 138 cm³/mol. The van der Waals surface area contributed by atoms with E-state index in [0.29, 0.717) is 5.11 Å². The third kappa shape index (κ3) is 4.20. The Balaban J connectivity index is 1.53. The van der Waals surface area contributed by atoms with Crippen LogP contribution in [0.4, 0.5) is 5.69 Å². The van der Waals surface area contributed by atoms with Gasteiger partial charge in [0.25, 0.3) is 0 Å². The molecular weight excluding hydrogens is 464 g/mol. The number of carbonyl (C=O) groups excluding carboxylic acids is 1. The fourth-order valence-electron chi connectivity index (χ4n) is 4.50. The van der Waals surface area contributed by atoms with Crippen molar-refractivity contribution < 1.29 is 4.79 Å². The summed E-state index contributed by atoms with van der Waals surface area (Å²) in [5.74, 6) is -0.129. The van der Waals surface area contributed by atoms with Crippen molar-refractivity contribution in [1.82, 2.24) is 24.8 Å². The Morgan fingerprint density at radius 3 is 2.62 bits per heavy atom. The molecule has 1 aromatic carbocycles. The maximum atomic E-state index is 13.0. The fraction of sp³-hybridized carbons (Fsp3) is 0.200. The highest BCUT2D eigenvalue weighted by Crippen LogP contribution is 2.41. The lowest BCUT2D eigenvalue weighted by Gasteiger charge is -2.27. The highest BCUT2D eigenvalue weighted by atomic mass is 32.1. The maximum absolute atomic E-state index is 13.0. The summed E-state index contributed by atoms with van der Waals surface area (Å²) in [6.07, 6.45) is 3.59. The number of thiocarbonyl (C=S) groups is 1. The van der Waals surface area contributed by atoms with Gasteiger partial charge in [-0.25, -0.2) is 4.98 Å². The molecule has 4 heterocycles. The van der Waals surface area contributed by atoms with Gasteiger partial charge in [-0.1, -0.05) is 24.3 Å². The Morgan fingerprint density at radius 1 is 1.12 bits per heavy atom. The largest absolute Gasteiger partial charge is 0.352 e. The quantitative estimate of drug-likeness (QED) is 0.388. The van der Waals surface area contributed by atoms with E-state index in [9.17, 15) is 4.79 Å². The smallest absolute Gasteiger partial charge is 0.244 e. The molecule has 1 fully saturated rings. The second-order valence-electron chi connectivity index (χ2n) is 8.15. The number of rotatable bonds is 6. The van der Waals surface area contributed by atoms with Crippen LogP contribution in [-0.2, 0) is 4.79 Å². The summed E-state index contributed by atoms with van der Waals surface area (Å²) in [6.45, 7) is 4.28. The number of amides is 1. The van der Waals surface area contributed by atoms with Gasteiger partial charge >= 0.3 is 0 Å². The van der Waals surface area contributed by atoms with Crippen molar-refractivity contribution in [3.8, 4) is 5.13 Å². The molecule has 3 aromatic heterocycles. The molecule has 2 atom stereocenters. The number of carbonyl (C=O) groups is 1. The minimum atomic E-state index is -0.205. The van der Waals surface area contributed by atoms with Gasteiger partial charge in [0.1, 0.15) is 6.54 Å². The van der Waals surface area contributed by atoms with Gasteiger partial charge in [0.05, 0.1) is 17.8 Å². The average molecular weight is 489 g/mol. The third-order valence-electron chi connectivity index (χ3n) is 5.97. The van der Waals surface area contributed by atoms with Gasteiger partial charge in [-0.15, -0.1) is 11.3 Å². The Morgan fingerprint density at radius 2 is 1.91 bits per heavy atom. The van der Waals surface area contributed by atoms with Crippen LogP contribution >= 0.6 is 23.6 Å². The molecule has 172 valence electrons. The molecule has 7 nitrogen and oxygen atoms in total. The third-order valence-corrected chi connectivity index (χ3v) is 7.08. The van der Waals surface area contributed by atoms with Gasteiger partial charge < -0.3 is 15.5 Å². The minimum Gasteiger partial charge on any atom is -0.352 e. The summed E-state index contributed by atoms with van der Waals surface area (Å²) in [5.41, 5.74) is 4.86. The van der Waals surface area contributed by atoms with E-state index in [0.717, 1.165) is 33.5 Å². The molecule has 4 aromatic rings. The van der Waals surface area contributed by atoms with Crippen molar-refractivity contribution in [2.45, 2.75) is 25.9 Å². The van der Waals surface area contributed by atoms with Crippen LogP contribution in [0.3, 0.4) is 0 Å². The van der Waals surface area contributed by atoms with Crippen molar-refractivity contribution in [1.29, 1.82) is 0 Å². The molecule has 0 radical (unpaired) electrons. The van der Waals surface area contributed by atoms with Crippen LogP contribution in [0.2, 0.25) is 0 Å². The summed E-state index contributed by atoms with van der Waals surface area (Å²) in [7, 11) is 0. The lowest BCUT2D eigenvalue weighted by atomic mass is 9.97. The number of nitrogens with one attached hydrogen (secondary N) is 2. The van der Waals surface area contributed by atoms with Crippen LogP contribution in [-0.4, -0.2) is 37.0 Å². The van der Waals surface area contributed by atoms with Gasteiger partial charge in [-0.05, 0) is 62.0 Å². The predicted octanol–water partition coefficient (Wildman–Crippen LogP) is 4.56. The first kappa shape index (κ1) is 22.2. The van der Waals surface area contributed by atoms with Crippen LogP contribution in [0.1, 0.15) is 34.7 Å². The van der Waals surface area contributed by atoms with E-state index >= 15 is 0 Å². The molecule has 9 heteroatoms. The number of hydrogen-bond donors (Lipinski definition) is 2. The summed E-state index contributed by atoms with van der Waals surface area (Å²) in [5, 5.41) is 9.81. The number of aryl methyl sites for hydroxylation is 1. The monoisotopic (exact) mass is 488 g/mol. The number of benzene rings is 1. The number of pyridine rings is 1. The van der Waals surface area contributed by atoms with Crippen molar-refractivity contribution in [2.75, 3.05) is 11.9 Å². The van der Waals surface area contributed by atoms with Crippen LogP contribution in [0.15, 0.2) is 72.4 Å². The lowest BCUT2D eigenvalue weighted by Crippen LogP contribution is -2.37. The molecule has 5 rings (SSSR count). The van der Waals surface area contributed by atoms with Gasteiger partial charge in [0, 0.05) is 34.8 Å². The first-order chi connectivity index (χ1) is 16.5. The molecular formula is C25H24N6OS2. The highest BCUT2D eigenvalue weighted by Gasteiger charge is 2.42. The number of hydrogen-bond acceptors (Lipinski definition) is 5. The molecule has 1 saturated heterocycles. The zero-order valence-electron chi connectivity index (χ0n) is 18.8. The zero-order valence-corrected chi connectivity index (χ0v) is 20.4. The summed E-state index contributed by atoms with van der Waals surface area (Å²) in [6, 6.07) is 17.1. The van der Waals surface area contributed by atoms with Crippen molar-refractivity contribution >= 4 is 40.3 Å². The lowest BCUT2D eigenvalue weighted by molar-refractivity contribution is -0.116. The molecule has 1 aliphatic rings. The van der Waals surface area contributed by atoms with Crippen LogP contribution in [0.5, 0.6) is 0 Å². The van der Waals surface area contributed by atoms with Gasteiger partial charge in [0.2, 0.25) is 5.91 Å². The summed E-state index contributed by atoms with van der Waals surface area (Å²) in [4.78, 5) is 24.1. The Kier molecular flexibility index (Phi) is 6.12. The second-order valence-corrected chi connectivity index (χ2v) is 9.40. The highest BCUT2D eigenvalue weighted by molar-refractivity contribution is 7.80. The second kappa shape index (κ2) is 9.36. The summed E-state index contributed by atoms with van der Waals surface area (Å²) < 4.78 is 2.15. The molecule has 0 aliphatic carbocycles. The molecule has 0 bridgehead atoms. The molecule has 0 unspecified atom stereocenters. The van der Waals surface area contributed by atoms with Gasteiger partial charge in [-0.2, -0.15) is 0 Å². The number of nitrogens with zero attached hydrogens (tertiary/aromatic N) is 4. The maximum Gasteiger partial charge on any atom is 0.244 e. The standard InChI is InChI=1S/C25H24N6OS2/c1-16-14-19(17(2)31(16)25-27-12-13-34-25)23-22(20-10-6-7-11-26-20)29-24(33)30(23)15-21(32)28-18-8-4-3-5-9-18/h3-14,22-23H,15H2,1-2H3,(H,28,32)(H,29,33)/t22-,23-/m1/s1. The number of aromatic nitrogens is 3. The number of para-hydroxylation sites is 1. The summed E-state index contributed by atoms with van der Waals surface area (Å²) >= 11 is 7.32. The van der Waals surface area contributed by atoms with E-state index in [4.69, 9.17) is 12.2 Å². The fourth-order valence-corrected chi connectivity index (χ4v) is 5.56. The van der Waals surface area contributed by atoms with E-state index in [1.807, 2.05) is 65.0 Å². The number of thiazole rings is 1. The van der Waals surface area contributed by atoms with E-state index in [1.54, 1.807) is 17.5 Å². The Bertz CT molecular complexity index is 1300. The van der Waals surface area contributed by atoms with Crippen molar-refractivity contribution in [3.63, 3.8) is 0 Å². The molecule has 0 spiro atoms. The van der Waals surface area contributed by atoms with E-state index in [1.165, 1.54) is 0 Å². The normalized spacial score (nSPS) is 17.6. The van der Waals surface area contributed by atoms with Gasteiger partial charge in [-0.3, -0.25) is 14.3 Å². The first-order valence-corrected chi connectivity index (χ1v) is 12.2. The molecule has 34 heavy (non-hydrogen) atoms. The molecule has 1 amide bonds. The van der Waals surface area contributed by atoms with Gasteiger partial charge in [0.15, 0.2) is 10.2 Å². The van der Waals surface area contributed by atoms with Crippen molar-refractivity contribution in [2.24, 2.45) is 0 Å². The van der Waals surface area contributed by atoms with Crippen molar-refractivity contribution in [3.05, 3.63) is 95.0 Å². The van der Waals surface area contributed by atoms with Crippen LogP contribution in [0, 0.1) is 13.8 Å². The molecule has 1 aliphatic heterocycles. The Labute approximate surface area is 207 Å². The van der Waals surface area contributed by atoms with Crippen LogP contribution in [0.25, 0.3) is 5.13 Å². The minimum absolute atomic E-state index is 0.121. The van der Waals surface area contributed by atoms with Crippen LogP contribution < -0.4 is 10.6 Å². The molecule has 2 N–H and O–H groups in total. The van der Waals surface area contributed by atoms with E-state index in [2.05, 4.69) is 45.1 Å². The number of anilines is 1. The first-order valence-electron chi connectivity index (χ1n) is 10.9. The Hall–Kier alpha value is -3.56. The molecule has 0 saturated carbocycles. The van der Waals surface area contributed by atoms with E-state index < -0.39 is 0 Å².